The third-order valence-corrected chi connectivity index (χ3v) is 2.81. The Kier molecular flexibility index (Phi) is 3.30. The highest BCUT2D eigenvalue weighted by Crippen LogP contribution is 2.30. The van der Waals surface area contributed by atoms with E-state index in [4.69, 9.17) is 4.74 Å². The van der Waals surface area contributed by atoms with Gasteiger partial charge in [-0.25, -0.2) is 0 Å². The first-order valence-electron chi connectivity index (χ1n) is 5.61. The van der Waals surface area contributed by atoms with Crippen LogP contribution in [-0.2, 0) is 12.8 Å². The molecule has 1 aromatic rings. The summed E-state index contributed by atoms with van der Waals surface area (Å²) in [6, 6.07) is 6.37. The van der Waals surface area contributed by atoms with Crippen LogP contribution in [0.25, 0.3) is 0 Å². The van der Waals surface area contributed by atoms with Gasteiger partial charge in [0.05, 0.1) is 6.61 Å². The number of nitrogens with one attached hydrogen (secondary N) is 1. The van der Waals surface area contributed by atoms with Crippen LogP contribution >= 0.6 is 0 Å². The minimum Gasteiger partial charge on any atom is -0.493 e. The molecule has 16 heavy (non-hydrogen) atoms. The summed E-state index contributed by atoms with van der Waals surface area (Å²) in [5.41, 5.74) is 3.72. The molecule has 1 aliphatic rings. The molecule has 0 radical (unpaired) electrons. The molecular formula is C14H17NO. The predicted molar refractivity (Wildman–Crippen MR) is 66.4 cm³/mol. The summed E-state index contributed by atoms with van der Waals surface area (Å²) in [6.45, 7) is 6.51. The van der Waals surface area contributed by atoms with Gasteiger partial charge in [0.25, 0.3) is 0 Å². The van der Waals surface area contributed by atoms with Gasteiger partial charge in [-0.2, -0.15) is 0 Å². The lowest BCUT2D eigenvalue weighted by molar-refractivity contribution is 0.354. The second-order valence-electron chi connectivity index (χ2n) is 3.84. The van der Waals surface area contributed by atoms with Crippen molar-refractivity contribution in [3.05, 3.63) is 53.9 Å². The lowest BCUT2D eigenvalue weighted by atomic mass is 10.0. The summed E-state index contributed by atoms with van der Waals surface area (Å²) in [6.07, 6.45) is 5.67. The maximum absolute atomic E-state index is 5.67. The third-order valence-electron chi connectivity index (χ3n) is 2.81. The van der Waals surface area contributed by atoms with Crippen molar-refractivity contribution in [1.29, 1.82) is 0 Å². The molecule has 1 aliphatic heterocycles. The van der Waals surface area contributed by atoms with E-state index in [1.807, 2.05) is 6.92 Å². The van der Waals surface area contributed by atoms with Gasteiger partial charge in [-0.15, -0.1) is 0 Å². The average Bonchev–Trinajstić information content (AvgIpc) is 2.77. The molecule has 84 valence electrons. The van der Waals surface area contributed by atoms with Gasteiger partial charge >= 0.3 is 0 Å². The van der Waals surface area contributed by atoms with E-state index in [0.29, 0.717) is 0 Å². The van der Waals surface area contributed by atoms with Crippen LogP contribution in [0.2, 0.25) is 0 Å². The van der Waals surface area contributed by atoms with Gasteiger partial charge in [-0.05, 0) is 18.7 Å². The molecule has 0 spiro atoms. The number of fused-ring (bicyclic) bond motifs is 1. The fraction of sp³-hybridized carbons (Fsp3) is 0.286. The first-order valence-corrected chi connectivity index (χ1v) is 5.61. The molecule has 0 saturated carbocycles. The Labute approximate surface area is 96.6 Å². The Morgan fingerprint density at radius 2 is 2.44 bits per heavy atom. The van der Waals surface area contributed by atoms with E-state index in [1.54, 1.807) is 6.20 Å². The molecule has 0 bridgehead atoms. The molecule has 2 heteroatoms. The lowest BCUT2D eigenvalue weighted by Crippen LogP contribution is -2.07. The summed E-state index contributed by atoms with van der Waals surface area (Å²) >= 11 is 0. The van der Waals surface area contributed by atoms with Crippen molar-refractivity contribution in [1.82, 2.24) is 5.32 Å². The number of benzene rings is 1. The quantitative estimate of drug-likeness (QED) is 0.834. The first kappa shape index (κ1) is 10.8. The van der Waals surface area contributed by atoms with E-state index in [-0.39, 0.29) is 0 Å². The van der Waals surface area contributed by atoms with Crippen LogP contribution in [0.1, 0.15) is 18.1 Å². The molecule has 2 rings (SSSR count). The molecule has 1 N–H and O–H groups in total. The smallest absolute Gasteiger partial charge is 0.126 e. The number of hydrogen-bond acceptors (Lipinski definition) is 2. The molecule has 0 aliphatic carbocycles. The summed E-state index contributed by atoms with van der Waals surface area (Å²) in [7, 11) is 0. The highest BCUT2D eigenvalue weighted by atomic mass is 16.5. The maximum atomic E-state index is 5.67. The number of ether oxygens (including phenoxy) is 1. The fourth-order valence-corrected chi connectivity index (χ4v) is 2.00. The van der Waals surface area contributed by atoms with E-state index in [9.17, 15) is 0 Å². The van der Waals surface area contributed by atoms with Crippen LogP contribution in [0.3, 0.4) is 0 Å². The molecule has 0 atom stereocenters. The Morgan fingerprint density at radius 3 is 3.19 bits per heavy atom. The topological polar surface area (TPSA) is 21.3 Å². The Hall–Kier alpha value is -1.70. The number of allylic oxidation sites excluding steroid dienone is 2. The van der Waals surface area contributed by atoms with Gasteiger partial charge in [0, 0.05) is 24.1 Å². The summed E-state index contributed by atoms with van der Waals surface area (Å²) in [5, 5.41) is 3.14. The second-order valence-corrected chi connectivity index (χ2v) is 3.84. The number of rotatable bonds is 4. The molecule has 0 unspecified atom stereocenters. The highest BCUT2D eigenvalue weighted by Gasteiger charge is 2.15. The first-order chi connectivity index (χ1) is 7.85. The number of para-hydroxylation sites is 1. The Balaban J connectivity index is 2.21. The van der Waals surface area contributed by atoms with Gasteiger partial charge in [0.15, 0.2) is 0 Å². The zero-order valence-corrected chi connectivity index (χ0v) is 9.62. The van der Waals surface area contributed by atoms with Crippen molar-refractivity contribution in [2.75, 3.05) is 6.61 Å². The van der Waals surface area contributed by atoms with E-state index in [1.165, 1.54) is 11.1 Å². The van der Waals surface area contributed by atoms with Crippen molar-refractivity contribution >= 4 is 0 Å². The summed E-state index contributed by atoms with van der Waals surface area (Å²) < 4.78 is 5.67. The molecule has 0 saturated heterocycles. The van der Waals surface area contributed by atoms with E-state index < -0.39 is 0 Å². The van der Waals surface area contributed by atoms with Crippen LogP contribution in [-0.4, -0.2) is 6.61 Å². The minimum absolute atomic E-state index is 0.812. The normalized spacial score (nSPS) is 14.2. The molecule has 1 aromatic carbocycles. The van der Waals surface area contributed by atoms with Gasteiger partial charge in [0.1, 0.15) is 5.75 Å². The lowest BCUT2D eigenvalue weighted by Gasteiger charge is -2.10. The molecular weight excluding hydrogens is 198 g/mol. The standard InChI is InChI=1S/C14H17NO/c1-3-13(15-4-2)10-12-7-5-6-11-8-9-16-14(11)12/h3-7,15H,2,8-10H2,1H3/b13-3-. The van der Waals surface area contributed by atoms with E-state index in [2.05, 4.69) is 36.2 Å². The van der Waals surface area contributed by atoms with Gasteiger partial charge in [0.2, 0.25) is 0 Å². The Bertz CT molecular complexity index is 421. The van der Waals surface area contributed by atoms with E-state index >= 15 is 0 Å². The largest absolute Gasteiger partial charge is 0.493 e. The van der Waals surface area contributed by atoms with Crippen LogP contribution in [0.15, 0.2) is 42.8 Å². The summed E-state index contributed by atoms with van der Waals surface area (Å²) in [4.78, 5) is 0. The SMILES string of the molecule is C=CN/C(=C\C)Cc1cccc2c1OCC2. The highest BCUT2D eigenvalue weighted by molar-refractivity contribution is 5.45. The third kappa shape index (κ3) is 2.11. The van der Waals surface area contributed by atoms with Crippen LogP contribution in [0.4, 0.5) is 0 Å². The van der Waals surface area contributed by atoms with Crippen molar-refractivity contribution in [2.45, 2.75) is 19.8 Å². The zero-order valence-electron chi connectivity index (χ0n) is 9.62. The van der Waals surface area contributed by atoms with Gasteiger partial charge in [-0.3, -0.25) is 0 Å². The fourth-order valence-electron chi connectivity index (χ4n) is 2.00. The minimum atomic E-state index is 0.812. The molecule has 0 aromatic heterocycles. The average molecular weight is 215 g/mol. The Morgan fingerprint density at radius 1 is 1.56 bits per heavy atom. The molecule has 0 amide bonds. The molecule has 1 heterocycles. The maximum Gasteiger partial charge on any atom is 0.126 e. The van der Waals surface area contributed by atoms with Crippen LogP contribution < -0.4 is 10.1 Å². The van der Waals surface area contributed by atoms with Gasteiger partial charge in [-0.1, -0.05) is 30.9 Å². The number of hydrogen-bond donors (Lipinski definition) is 1. The van der Waals surface area contributed by atoms with Crippen molar-refractivity contribution in [2.24, 2.45) is 0 Å². The predicted octanol–water partition coefficient (Wildman–Crippen LogP) is 2.80. The summed E-state index contributed by atoms with van der Waals surface area (Å²) in [5.74, 6) is 1.08. The van der Waals surface area contributed by atoms with Gasteiger partial charge < -0.3 is 10.1 Å². The van der Waals surface area contributed by atoms with Crippen molar-refractivity contribution < 1.29 is 4.74 Å². The van der Waals surface area contributed by atoms with Crippen LogP contribution in [0.5, 0.6) is 5.75 Å². The van der Waals surface area contributed by atoms with Crippen molar-refractivity contribution in [3.63, 3.8) is 0 Å². The zero-order chi connectivity index (χ0) is 11.4. The second kappa shape index (κ2) is 4.88. The molecule has 2 nitrogen and oxygen atoms in total. The van der Waals surface area contributed by atoms with Crippen molar-refractivity contribution in [3.8, 4) is 5.75 Å². The molecule has 0 fully saturated rings. The monoisotopic (exact) mass is 215 g/mol. The van der Waals surface area contributed by atoms with Crippen LogP contribution in [0, 0.1) is 0 Å². The van der Waals surface area contributed by atoms with E-state index in [0.717, 1.165) is 30.9 Å².